The number of amidine groups is 1. The van der Waals surface area contributed by atoms with Gasteiger partial charge in [-0.1, -0.05) is 96.7 Å². The Kier molecular flexibility index (Phi) is 7.71. The number of hydrogen-bond acceptors (Lipinski definition) is 3. The molecule has 2 aromatic rings. The molecule has 3 rings (SSSR count). The smallest absolute Gasteiger partial charge is 0.284 e. The van der Waals surface area contributed by atoms with Crippen molar-refractivity contribution in [2.75, 3.05) is 0 Å². The highest BCUT2D eigenvalue weighted by Gasteiger charge is 2.59. The zero-order chi connectivity index (χ0) is 25.5. The molecule has 0 aromatic heterocycles. The molecule has 1 aliphatic carbocycles. The Morgan fingerprint density at radius 1 is 0.971 bits per heavy atom. The van der Waals surface area contributed by atoms with Gasteiger partial charge in [-0.2, -0.15) is 8.42 Å². The summed E-state index contributed by atoms with van der Waals surface area (Å²) in [5.41, 5.74) is 1.39. The van der Waals surface area contributed by atoms with Gasteiger partial charge in [0.2, 0.25) is 4.33 Å². The minimum Gasteiger partial charge on any atom is -0.291 e. The Balaban J connectivity index is 2.33. The molecule has 1 unspecified atom stereocenters. The van der Waals surface area contributed by atoms with Crippen LogP contribution in [0.2, 0.25) is 0 Å². The lowest BCUT2D eigenvalue weighted by Gasteiger charge is -2.40. The average Bonchev–Trinajstić information content (AvgIpc) is 2.76. The van der Waals surface area contributed by atoms with Crippen molar-refractivity contribution in [3.63, 3.8) is 0 Å². The third-order valence-corrected chi connectivity index (χ3v) is 8.78. The van der Waals surface area contributed by atoms with Gasteiger partial charge in [-0.3, -0.25) is 4.79 Å². The normalized spacial score (nSPS) is 22.6. The van der Waals surface area contributed by atoms with Gasteiger partial charge in [0.15, 0.2) is 11.6 Å². The summed E-state index contributed by atoms with van der Waals surface area (Å²) in [7, 11) is -4.15. The summed E-state index contributed by atoms with van der Waals surface area (Å²) < 4.78 is 28.2. The van der Waals surface area contributed by atoms with Crippen molar-refractivity contribution in [3.05, 3.63) is 76.3 Å². The largest absolute Gasteiger partial charge is 0.291 e. The first-order valence-electron chi connectivity index (χ1n) is 10.3. The molecule has 0 fully saturated rings. The van der Waals surface area contributed by atoms with Crippen LogP contribution in [0.15, 0.2) is 79.5 Å². The molecule has 0 aliphatic heterocycles. The van der Waals surface area contributed by atoms with Gasteiger partial charge >= 0.3 is 0 Å². The van der Waals surface area contributed by atoms with E-state index in [0.29, 0.717) is 5.56 Å². The molecule has 0 N–H and O–H groups in total. The molecule has 0 saturated carbocycles. The van der Waals surface area contributed by atoms with Crippen molar-refractivity contribution in [2.24, 2.45) is 15.3 Å². The number of hydrogen-bond donors (Lipinski definition) is 0. The number of aryl methyl sites for hydroxylation is 1. The maximum Gasteiger partial charge on any atom is 0.284 e. The number of nitrogens with zero attached hydrogens (tertiary/aromatic N) is 2. The van der Waals surface area contributed by atoms with Gasteiger partial charge in [-0.15, -0.1) is 16.0 Å². The fourth-order valence-corrected chi connectivity index (χ4v) is 5.49. The van der Waals surface area contributed by atoms with Gasteiger partial charge in [0.05, 0.1) is 15.6 Å². The Morgan fingerprint density at radius 3 is 2.06 bits per heavy atom. The number of carbonyl (C=O) groups excluding carboxylic acids is 1. The fourth-order valence-electron chi connectivity index (χ4n) is 3.34. The second-order valence-corrected chi connectivity index (χ2v) is 12.4. The molecular weight excluding hydrogens is 538 g/mol. The van der Waals surface area contributed by atoms with Crippen molar-refractivity contribution < 1.29 is 13.2 Å². The van der Waals surface area contributed by atoms with Crippen LogP contribution in [0.4, 0.5) is 0 Å². The Hall–Kier alpha value is -1.70. The van der Waals surface area contributed by atoms with Gasteiger partial charge in [0, 0.05) is 11.1 Å². The first kappa shape index (κ1) is 26.9. The van der Waals surface area contributed by atoms with E-state index in [9.17, 15) is 13.2 Å². The highest BCUT2D eigenvalue weighted by Crippen LogP contribution is 2.50. The molecule has 10 heteroatoms. The van der Waals surface area contributed by atoms with Crippen molar-refractivity contribution in [2.45, 2.75) is 41.8 Å². The van der Waals surface area contributed by atoms with E-state index in [1.807, 2.05) is 6.92 Å². The number of aliphatic imine (C=N–C) groups is 1. The van der Waals surface area contributed by atoms with E-state index in [0.717, 1.165) is 5.56 Å². The molecule has 2 aromatic carbocycles. The molecule has 0 amide bonds. The quantitative estimate of drug-likeness (QED) is 0.244. The molecule has 0 spiro atoms. The van der Waals surface area contributed by atoms with E-state index in [1.54, 1.807) is 56.3 Å². The predicted molar refractivity (Wildman–Crippen MR) is 140 cm³/mol. The SMILES string of the molecule is Cc1ccc(S(=O)(=O)N=C(N=C2C(Cl)=C(C(C)C)C(=O)C(Cl)(Cl)C2(C)Cl)c2ccccc2)cc1. The summed E-state index contributed by atoms with van der Waals surface area (Å²) in [5, 5.41) is -0.0363. The summed E-state index contributed by atoms with van der Waals surface area (Å²) in [6, 6.07) is 14.7. The second kappa shape index (κ2) is 9.75. The van der Waals surface area contributed by atoms with Crippen LogP contribution in [-0.4, -0.2) is 35.0 Å². The highest BCUT2D eigenvalue weighted by atomic mass is 35.5. The number of Topliss-reactive ketones (excluding diaryl/α,β-unsaturated/α-hetero) is 1. The molecule has 0 saturated heterocycles. The standard InChI is InChI=1S/C24H22Cl4N2O3S/c1-14(2)18-19(25)20(23(4,26)24(27,28)21(18)31)29-22(16-8-6-5-7-9-16)30-34(32,33)17-12-10-15(3)11-13-17/h5-14H,1-4H3. The third kappa shape index (κ3) is 4.98. The minimum absolute atomic E-state index is 0.00673. The molecule has 5 nitrogen and oxygen atoms in total. The van der Waals surface area contributed by atoms with E-state index >= 15 is 0 Å². The summed E-state index contributed by atoms with van der Waals surface area (Å²) in [6.45, 7) is 6.75. The van der Waals surface area contributed by atoms with Crippen LogP contribution in [-0.2, 0) is 14.8 Å². The summed E-state index contributed by atoms with van der Waals surface area (Å²) in [6.07, 6.45) is 0. The molecule has 0 radical (unpaired) electrons. The second-order valence-electron chi connectivity index (χ2n) is 8.32. The maximum atomic E-state index is 13.1. The molecule has 0 heterocycles. The summed E-state index contributed by atoms with van der Waals surface area (Å²) in [5.74, 6) is -1.15. The predicted octanol–water partition coefficient (Wildman–Crippen LogP) is 6.47. The first-order chi connectivity index (χ1) is 15.7. The first-order valence-corrected chi connectivity index (χ1v) is 13.2. The van der Waals surface area contributed by atoms with Gasteiger partial charge in [-0.05, 0) is 31.9 Å². The third-order valence-electron chi connectivity index (χ3n) is 5.36. The molecular formula is C24H22Cl4N2O3S. The van der Waals surface area contributed by atoms with Crippen LogP contribution >= 0.6 is 46.4 Å². The number of carbonyl (C=O) groups is 1. The Labute approximate surface area is 219 Å². The lowest BCUT2D eigenvalue weighted by Crippen LogP contribution is -2.56. The molecule has 34 heavy (non-hydrogen) atoms. The van der Waals surface area contributed by atoms with E-state index in [1.165, 1.54) is 19.1 Å². The molecule has 0 bridgehead atoms. The molecule has 1 atom stereocenters. The van der Waals surface area contributed by atoms with Crippen LogP contribution in [0.5, 0.6) is 0 Å². The average molecular weight is 560 g/mol. The minimum atomic E-state index is -4.15. The van der Waals surface area contributed by atoms with Gasteiger partial charge in [0.25, 0.3) is 10.0 Å². The van der Waals surface area contributed by atoms with E-state index in [-0.39, 0.29) is 33.0 Å². The number of sulfonamides is 1. The van der Waals surface area contributed by atoms with Crippen molar-refractivity contribution in [3.8, 4) is 0 Å². The van der Waals surface area contributed by atoms with Crippen molar-refractivity contribution in [1.82, 2.24) is 0 Å². The number of benzene rings is 2. The van der Waals surface area contributed by atoms with Crippen LogP contribution in [0.1, 0.15) is 31.9 Å². The Bertz CT molecular complexity index is 1310. The zero-order valence-corrected chi connectivity index (χ0v) is 22.7. The summed E-state index contributed by atoms with van der Waals surface area (Å²) >= 11 is 26.2. The van der Waals surface area contributed by atoms with Crippen LogP contribution in [0.25, 0.3) is 0 Å². The topological polar surface area (TPSA) is 75.9 Å². The molecule has 180 valence electrons. The maximum absolute atomic E-state index is 13.1. The lowest BCUT2D eigenvalue weighted by molar-refractivity contribution is -0.117. The monoisotopic (exact) mass is 558 g/mol. The lowest BCUT2D eigenvalue weighted by atomic mass is 9.81. The number of allylic oxidation sites excluding steroid dienone is 2. The summed E-state index contributed by atoms with van der Waals surface area (Å²) in [4.78, 5) is 15.7. The van der Waals surface area contributed by atoms with Crippen LogP contribution < -0.4 is 0 Å². The van der Waals surface area contributed by atoms with Gasteiger partial charge < -0.3 is 0 Å². The van der Waals surface area contributed by atoms with Crippen molar-refractivity contribution >= 4 is 73.8 Å². The number of halogens is 4. The van der Waals surface area contributed by atoms with Crippen LogP contribution in [0.3, 0.4) is 0 Å². The van der Waals surface area contributed by atoms with Crippen LogP contribution in [0, 0.1) is 12.8 Å². The zero-order valence-electron chi connectivity index (χ0n) is 18.8. The fraction of sp³-hybridized carbons (Fsp3) is 0.292. The van der Waals surface area contributed by atoms with Gasteiger partial charge in [0.1, 0.15) is 4.87 Å². The number of ketones is 1. The highest BCUT2D eigenvalue weighted by molar-refractivity contribution is 7.90. The number of alkyl halides is 3. The molecule has 1 aliphatic rings. The van der Waals surface area contributed by atoms with E-state index in [4.69, 9.17) is 46.4 Å². The number of rotatable bonds is 4. The van der Waals surface area contributed by atoms with Crippen molar-refractivity contribution in [1.29, 1.82) is 0 Å². The van der Waals surface area contributed by atoms with Gasteiger partial charge in [-0.25, -0.2) is 4.99 Å². The van der Waals surface area contributed by atoms with E-state index < -0.39 is 25.0 Å². The Morgan fingerprint density at radius 2 is 1.53 bits per heavy atom. The van der Waals surface area contributed by atoms with E-state index in [2.05, 4.69) is 9.39 Å².